The first-order valence-corrected chi connectivity index (χ1v) is 10.0. The summed E-state index contributed by atoms with van der Waals surface area (Å²) in [6.07, 6.45) is -3.91. The number of anilines is 1. The van der Waals surface area contributed by atoms with Crippen LogP contribution in [0.15, 0.2) is 18.2 Å². The molecular weight excluding hydrogens is 388 g/mol. The minimum Gasteiger partial charge on any atom is -0.356 e. The lowest BCUT2D eigenvalue weighted by Crippen LogP contribution is -2.45. The fourth-order valence-electron chi connectivity index (χ4n) is 3.00. The molecular formula is C16H18F4N4O2S. The summed E-state index contributed by atoms with van der Waals surface area (Å²) in [7, 11) is -3.35. The first-order valence-electron chi connectivity index (χ1n) is 8.38. The number of alkyl halides is 3. The Balaban J connectivity index is 1.90. The predicted octanol–water partition coefficient (Wildman–Crippen LogP) is 2.70. The molecule has 1 aliphatic rings. The fraction of sp³-hybridized carbons (Fsp3) is 0.500. The summed E-state index contributed by atoms with van der Waals surface area (Å²) in [5, 5.41) is 0.317. The van der Waals surface area contributed by atoms with Gasteiger partial charge in [0.15, 0.2) is 0 Å². The number of sulfonamides is 1. The highest BCUT2D eigenvalue weighted by molar-refractivity contribution is 7.89. The quantitative estimate of drug-likeness (QED) is 0.791. The molecule has 0 aliphatic carbocycles. The summed E-state index contributed by atoms with van der Waals surface area (Å²) < 4.78 is 78.8. The van der Waals surface area contributed by atoms with Crippen LogP contribution in [0.2, 0.25) is 0 Å². The van der Waals surface area contributed by atoms with Gasteiger partial charge in [-0.05, 0) is 31.9 Å². The average Bonchev–Trinajstić information content (AvgIpc) is 2.60. The maximum absolute atomic E-state index is 13.5. The molecule has 1 aromatic carbocycles. The lowest BCUT2D eigenvalue weighted by Gasteiger charge is -2.33. The number of rotatable bonds is 4. The van der Waals surface area contributed by atoms with Gasteiger partial charge < -0.3 is 4.90 Å². The smallest absolute Gasteiger partial charge is 0.356 e. The van der Waals surface area contributed by atoms with E-state index in [4.69, 9.17) is 0 Å². The number of hydrogen-bond acceptors (Lipinski definition) is 5. The number of fused-ring (bicyclic) bond motifs is 1. The molecule has 27 heavy (non-hydrogen) atoms. The normalized spacial score (nSPS) is 16.9. The maximum atomic E-state index is 13.5. The van der Waals surface area contributed by atoms with Gasteiger partial charge in [0, 0.05) is 30.6 Å². The number of piperidine rings is 1. The van der Waals surface area contributed by atoms with Crippen LogP contribution in [0.25, 0.3) is 10.9 Å². The summed E-state index contributed by atoms with van der Waals surface area (Å²) in [4.78, 5) is 8.76. The van der Waals surface area contributed by atoms with Gasteiger partial charge in [-0.25, -0.2) is 27.5 Å². The minimum absolute atomic E-state index is 0.0374. The number of benzene rings is 1. The van der Waals surface area contributed by atoms with Gasteiger partial charge in [-0.15, -0.1) is 0 Å². The molecule has 6 nitrogen and oxygen atoms in total. The molecule has 1 fully saturated rings. The largest absolute Gasteiger partial charge is 0.451 e. The van der Waals surface area contributed by atoms with E-state index in [2.05, 4.69) is 14.7 Å². The Morgan fingerprint density at radius 3 is 2.48 bits per heavy atom. The molecule has 0 unspecified atom stereocenters. The van der Waals surface area contributed by atoms with E-state index < -0.39 is 27.8 Å². The van der Waals surface area contributed by atoms with Crippen LogP contribution in [0.5, 0.6) is 0 Å². The van der Waals surface area contributed by atoms with Crippen molar-refractivity contribution in [3.63, 3.8) is 0 Å². The highest BCUT2D eigenvalue weighted by Gasteiger charge is 2.36. The van der Waals surface area contributed by atoms with Gasteiger partial charge >= 0.3 is 6.18 Å². The van der Waals surface area contributed by atoms with Gasteiger partial charge in [0.2, 0.25) is 15.8 Å². The lowest BCUT2D eigenvalue weighted by molar-refractivity contribution is -0.144. The molecule has 1 N–H and O–H groups in total. The summed E-state index contributed by atoms with van der Waals surface area (Å²) in [6, 6.07) is 3.16. The van der Waals surface area contributed by atoms with E-state index >= 15 is 0 Å². The molecule has 0 radical (unpaired) electrons. The Labute approximate surface area is 153 Å². The molecule has 1 saturated heterocycles. The van der Waals surface area contributed by atoms with E-state index in [0.29, 0.717) is 31.3 Å². The first-order chi connectivity index (χ1) is 12.6. The lowest BCUT2D eigenvalue weighted by atomic mass is 10.1. The van der Waals surface area contributed by atoms with Crippen LogP contribution in [0.1, 0.15) is 25.6 Å². The van der Waals surface area contributed by atoms with Crippen LogP contribution in [0.4, 0.5) is 23.4 Å². The standard InChI is InChI=1S/C16H18F4N4O2S/c1-2-27(25,26)23-11-5-7-24(8-6-11)14-12-4-3-10(17)9-13(12)21-15(22-14)16(18,19)20/h3-4,9,11,23H,2,5-8H2,1H3. The summed E-state index contributed by atoms with van der Waals surface area (Å²) in [5.74, 6) is -1.98. The van der Waals surface area contributed by atoms with E-state index in [1.807, 2.05) is 0 Å². The van der Waals surface area contributed by atoms with Gasteiger partial charge in [-0.1, -0.05) is 0 Å². The molecule has 1 aromatic heterocycles. The topological polar surface area (TPSA) is 75.2 Å². The molecule has 0 atom stereocenters. The zero-order valence-corrected chi connectivity index (χ0v) is 15.2. The monoisotopic (exact) mass is 406 g/mol. The van der Waals surface area contributed by atoms with E-state index in [9.17, 15) is 26.0 Å². The fourth-order valence-corrected chi connectivity index (χ4v) is 3.91. The minimum atomic E-state index is -4.76. The third kappa shape index (κ3) is 4.46. The van der Waals surface area contributed by atoms with Crippen molar-refractivity contribution in [3.05, 3.63) is 29.8 Å². The van der Waals surface area contributed by atoms with Crippen LogP contribution in [0, 0.1) is 5.82 Å². The van der Waals surface area contributed by atoms with Crippen molar-refractivity contribution >= 4 is 26.7 Å². The number of aromatic nitrogens is 2. The van der Waals surface area contributed by atoms with Crippen LogP contribution in [-0.4, -0.2) is 43.3 Å². The van der Waals surface area contributed by atoms with E-state index in [-0.39, 0.29) is 23.1 Å². The Morgan fingerprint density at radius 2 is 1.89 bits per heavy atom. The number of hydrogen-bond donors (Lipinski definition) is 1. The number of nitrogens with zero attached hydrogens (tertiary/aromatic N) is 3. The summed E-state index contributed by atoms with van der Waals surface area (Å²) in [6.45, 7) is 2.16. The van der Waals surface area contributed by atoms with Crippen molar-refractivity contribution in [3.8, 4) is 0 Å². The second-order valence-electron chi connectivity index (χ2n) is 6.31. The molecule has 2 aromatic rings. The zero-order chi connectivity index (χ0) is 19.8. The van der Waals surface area contributed by atoms with E-state index in [0.717, 1.165) is 12.1 Å². The number of nitrogens with one attached hydrogen (secondary N) is 1. The zero-order valence-electron chi connectivity index (χ0n) is 14.4. The molecule has 0 bridgehead atoms. The van der Waals surface area contributed by atoms with Crippen LogP contribution in [-0.2, 0) is 16.2 Å². The highest BCUT2D eigenvalue weighted by Crippen LogP contribution is 2.33. The van der Waals surface area contributed by atoms with Crippen molar-refractivity contribution in [2.24, 2.45) is 0 Å². The van der Waals surface area contributed by atoms with Gasteiger partial charge in [0.25, 0.3) is 0 Å². The number of halogens is 4. The highest BCUT2D eigenvalue weighted by atomic mass is 32.2. The molecule has 0 amide bonds. The van der Waals surface area contributed by atoms with Crippen LogP contribution >= 0.6 is 0 Å². The summed E-state index contributed by atoms with van der Waals surface area (Å²) >= 11 is 0. The average molecular weight is 406 g/mol. The maximum Gasteiger partial charge on any atom is 0.451 e. The van der Waals surface area contributed by atoms with Crippen molar-refractivity contribution in [2.75, 3.05) is 23.7 Å². The molecule has 2 heterocycles. The second kappa shape index (κ2) is 7.19. The molecule has 11 heteroatoms. The van der Waals surface area contributed by atoms with Crippen molar-refractivity contribution in [2.45, 2.75) is 32.0 Å². The molecule has 148 valence electrons. The molecule has 0 saturated carbocycles. The molecule has 0 spiro atoms. The third-order valence-electron chi connectivity index (χ3n) is 4.41. The van der Waals surface area contributed by atoms with Crippen molar-refractivity contribution in [1.29, 1.82) is 0 Å². The van der Waals surface area contributed by atoms with E-state index in [1.54, 1.807) is 4.90 Å². The predicted molar refractivity (Wildman–Crippen MR) is 92.3 cm³/mol. The van der Waals surface area contributed by atoms with Crippen LogP contribution in [0.3, 0.4) is 0 Å². The Morgan fingerprint density at radius 1 is 1.22 bits per heavy atom. The van der Waals surface area contributed by atoms with Crippen molar-refractivity contribution in [1.82, 2.24) is 14.7 Å². The SMILES string of the molecule is CCS(=O)(=O)NC1CCN(c2nc(C(F)(F)F)nc3cc(F)ccc23)CC1. The van der Waals surface area contributed by atoms with Crippen molar-refractivity contribution < 1.29 is 26.0 Å². The Kier molecular flexibility index (Phi) is 5.26. The van der Waals surface area contributed by atoms with Gasteiger partial charge in [0.1, 0.15) is 11.6 Å². The Bertz CT molecular complexity index is 941. The Hall–Kier alpha value is -2.01. The third-order valence-corrected chi connectivity index (χ3v) is 5.87. The van der Waals surface area contributed by atoms with E-state index in [1.165, 1.54) is 13.0 Å². The van der Waals surface area contributed by atoms with Gasteiger partial charge in [-0.2, -0.15) is 13.2 Å². The second-order valence-corrected chi connectivity index (χ2v) is 8.36. The molecule has 1 aliphatic heterocycles. The summed E-state index contributed by atoms with van der Waals surface area (Å²) in [5.41, 5.74) is -0.124. The molecule has 3 rings (SSSR count). The van der Waals surface area contributed by atoms with Crippen LogP contribution < -0.4 is 9.62 Å². The first kappa shape index (κ1) is 19.7. The van der Waals surface area contributed by atoms with Gasteiger partial charge in [0.05, 0.1) is 11.3 Å². The van der Waals surface area contributed by atoms with Gasteiger partial charge in [-0.3, -0.25) is 0 Å².